The number of rotatable bonds is 4. The lowest BCUT2D eigenvalue weighted by Crippen LogP contribution is -2.20. The summed E-state index contributed by atoms with van der Waals surface area (Å²) in [4.78, 5) is 31.5. The highest BCUT2D eigenvalue weighted by molar-refractivity contribution is 6.02. The van der Waals surface area contributed by atoms with Crippen LogP contribution < -0.4 is 10.9 Å². The lowest BCUT2D eigenvalue weighted by molar-refractivity contribution is 0.0996. The Balaban J connectivity index is 1.81. The van der Waals surface area contributed by atoms with Gasteiger partial charge in [0.05, 0.1) is 12.5 Å². The minimum absolute atomic E-state index is 0.142. The lowest BCUT2D eigenvalue weighted by Gasteiger charge is -2.08. The van der Waals surface area contributed by atoms with Crippen molar-refractivity contribution in [2.45, 2.75) is 13.8 Å². The van der Waals surface area contributed by atoms with Crippen LogP contribution in [0.4, 0.5) is 5.82 Å². The second-order valence-corrected chi connectivity index (χ2v) is 5.84. The highest BCUT2D eigenvalue weighted by Gasteiger charge is 2.19. The van der Waals surface area contributed by atoms with Gasteiger partial charge < -0.3 is 14.2 Å². The molecule has 0 bridgehead atoms. The van der Waals surface area contributed by atoms with Gasteiger partial charge in [0.15, 0.2) is 11.5 Å². The molecule has 4 aromatic rings. The largest absolute Gasteiger partial charge is 0.463 e. The van der Waals surface area contributed by atoms with Gasteiger partial charge in [-0.1, -0.05) is 0 Å². The van der Waals surface area contributed by atoms with Crippen LogP contribution in [-0.2, 0) is 0 Å². The van der Waals surface area contributed by atoms with Gasteiger partial charge >= 0.3 is 0 Å². The van der Waals surface area contributed by atoms with Gasteiger partial charge in [0, 0.05) is 17.3 Å². The van der Waals surface area contributed by atoms with Crippen molar-refractivity contribution >= 4 is 11.7 Å². The molecule has 0 radical (unpaired) electrons. The second-order valence-electron chi connectivity index (χ2n) is 5.84. The van der Waals surface area contributed by atoms with E-state index < -0.39 is 5.91 Å². The molecule has 136 valence electrons. The number of nitrogens with one attached hydrogen (secondary N) is 2. The molecule has 0 spiro atoms. The number of carbonyl (C=O) groups is 1. The summed E-state index contributed by atoms with van der Waals surface area (Å²) in [5.41, 5.74) is 1.26. The Kier molecular flexibility index (Phi) is 3.96. The highest BCUT2D eigenvalue weighted by Crippen LogP contribution is 2.24. The van der Waals surface area contributed by atoms with Crippen LogP contribution in [0.2, 0.25) is 0 Å². The first-order valence-corrected chi connectivity index (χ1v) is 8.09. The molecular formula is C18H15N5O4. The Morgan fingerprint density at radius 3 is 2.63 bits per heavy atom. The van der Waals surface area contributed by atoms with Gasteiger partial charge in [-0.3, -0.25) is 14.6 Å². The third-order valence-electron chi connectivity index (χ3n) is 4.05. The molecule has 0 saturated heterocycles. The molecule has 0 aliphatic heterocycles. The minimum atomic E-state index is -0.460. The molecule has 0 aromatic carbocycles. The van der Waals surface area contributed by atoms with Crippen molar-refractivity contribution in [2.24, 2.45) is 0 Å². The van der Waals surface area contributed by atoms with Crippen LogP contribution in [0, 0.1) is 13.8 Å². The summed E-state index contributed by atoms with van der Waals surface area (Å²) in [7, 11) is 0. The van der Waals surface area contributed by atoms with Crippen LogP contribution >= 0.6 is 0 Å². The zero-order valence-corrected chi connectivity index (χ0v) is 14.5. The molecule has 0 aliphatic rings. The molecule has 0 atom stereocenters. The van der Waals surface area contributed by atoms with E-state index >= 15 is 0 Å². The SMILES string of the molecule is Cc1nc(-n2nc(-c3ccco3)cc2NC(=O)c2ccco2)[nH]c(=O)c1C. The number of aromatic nitrogens is 4. The first-order valence-electron chi connectivity index (χ1n) is 8.09. The third-order valence-corrected chi connectivity index (χ3v) is 4.05. The summed E-state index contributed by atoms with van der Waals surface area (Å²) in [6, 6.07) is 8.24. The van der Waals surface area contributed by atoms with Gasteiger partial charge in [-0.05, 0) is 38.1 Å². The van der Waals surface area contributed by atoms with Gasteiger partial charge in [0.2, 0.25) is 5.95 Å². The van der Waals surface area contributed by atoms with Gasteiger partial charge in [-0.2, -0.15) is 9.78 Å². The molecule has 0 saturated carbocycles. The Morgan fingerprint density at radius 1 is 1.19 bits per heavy atom. The van der Waals surface area contributed by atoms with Crippen LogP contribution in [0.25, 0.3) is 17.4 Å². The summed E-state index contributed by atoms with van der Waals surface area (Å²) >= 11 is 0. The van der Waals surface area contributed by atoms with Crippen molar-refractivity contribution in [1.82, 2.24) is 19.7 Å². The van der Waals surface area contributed by atoms with Gasteiger partial charge in [-0.25, -0.2) is 4.98 Å². The Labute approximate surface area is 152 Å². The average Bonchev–Trinajstić information content (AvgIpc) is 3.39. The van der Waals surface area contributed by atoms with Crippen LogP contribution in [0.1, 0.15) is 21.8 Å². The number of carbonyl (C=O) groups excluding carboxylic acids is 1. The number of hydrogen-bond acceptors (Lipinski definition) is 6. The normalized spacial score (nSPS) is 10.9. The van der Waals surface area contributed by atoms with Crippen LogP contribution in [-0.4, -0.2) is 25.7 Å². The van der Waals surface area contributed by atoms with Gasteiger partial charge in [0.25, 0.3) is 11.5 Å². The van der Waals surface area contributed by atoms with E-state index in [9.17, 15) is 9.59 Å². The smallest absolute Gasteiger partial charge is 0.292 e. The first-order chi connectivity index (χ1) is 13.0. The maximum atomic E-state index is 12.4. The standard InChI is InChI=1S/C18H15N5O4/c1-10-11(2)19-18(21-16(10)24)23-15(20-17(25)14-6-4-8-27-14)9-12(22-23)13-5-3-7-26-13/h3-9H,1-2H3,(H,20,25)(H,19,21,24). The fourth-order valence-corrected chi connectivity index (χ4v) is 2.49. The number of anilines is 1. The molecule has 27 heavy (non-hydrogen) atoms. The van der Waals surface area contributed by atoms with E-state index in [-0.39, 0.29) is 17.3 Å². The maximum Gasteiger partial charge on any atom is 0.292 e. The molecule has 4 rings (SSSR count). The Morgan fingerprint density at radius 2 is 1.96 bits per heavy atom. The first kappa shape index (κ1) is 16.6. The quantitative estimate of drug-likeness (QED) is 0.574. The van der Waals surface area contributed by atoms with Crippen molar-refractivity contribution in [3.8, 4) is 17.4 Å². The predicted molar refractivity (Wildman–Crippen MR) is 95.8 cm³/mol. The van der Waals surface area contributed by atoms with Crippen molar-refractivity contribution in [1.29, 1.82) is 0 Å². The number of furan rings is 2. The zero-order valence-electron chi connectivity index (χ0n) is 14.5. The van der Waals surface area contributed by atoms with Crippen molar-refractivity contribution in [2.75, 3.05) is 5.32 Å². The average molecular weight is 365 g/mol. The van der Waals surface area contributed by atoms with Gasteiger partial charge in [-0.15, -0.1) is 0 Å². The van der Waals surface area contributed by atoms with E-state index in [0.29, 0.717) is 28.5 Å². The number of nitrogens with zero attached hydrogens (tertiary/aromatic N) is 3. The Hall–Kier alpha value is -3.88. The molecular weight excluding hydrogens is 350 g/mol. The molecule has 2 N–H and O–H groups in total. The zero-order chi connectivity index (χ0) is 19.0. The van der Waals surface area contributed by atoms with Crippen LogP contribution in [0.15, 0.2) is 56.5 Å². The highest BCUT2D eigenvalue weighted by atomic mass is 16.3. The molecule has 0 fully saturated rings. The van der Waals surface area contributed by atoms with Crippen LogP contribution in [0.5, 0.6) is 0 Å². The maximum absolute atomic E-state index is 12.4. The molecule has 4 heterocycles. The van der Waals surface area contributed by atoms with E-state index in [1.165, 1.54) is 17.2 Å². The van der Waals surface area contributed by atoms with E-state index in [4.69, 9.17) is 8.83 Å². The number of aromatic amines is 1. The number of amides is 1. The van der Waals surface area contributed by atoms with Crippen molar-refractivity contribution in [3.63, 3.8) is 0 Å². The number of aryl methyl sites for hydroxylation is 1. The molecule has 1 amide bonds. The molecule has 4 aromatic heterocycles. The fraction of sp³-hybridized carbons (Fsp3) is 0.111. The predicted octanol–water partition coefficient (Wildman–Crippen LogP) is 2.68. The summed E-state index contributed by atoms with van der Waals surface area (Å²) in [6.45, 7) is 3.41. The van der Waals surface area contributed by atoms with Crippen molar-refractivity contribution < 1.29 is 13.6 Å². The van der Waals surface area contributed by atoms with Gasteiger partial charge in [0.1, 0.15) is 11.5 Å². The van der Waals surface area contributed by atoms with E-state index in [1.54, 1.807) is 44.2 Å². The summed E-state index contributed by atoms with van der Waals surface area (Å²) in [5.74, 6) is 0.667. The topological polar surface area (TPSA) is 119 Å². The van der Waals surface area contributed by atoms with Crippen molar-refractivity contribution in [3.05, 3.63) is 70.2 Å². The van der Waals surface area contributed by atoms with E-state index in [2.05, 4.69) is 20.4 Å². The van der Waals surface area contributed by atoms with Crippen LogP contribution in [0.3, 0.4) is 0 Å². The molecule has 0 aliphatic carbocycles. The molecule has 9 nitrogen and oxygen atoms in total. The Bertz CT molecular complexity index is 1150. The third kappa shape index (κ3) is 3.06. The second kappa shape index (κ2) is 6.45. The fourth-order valence-electron chi connectivity index (χ4n) is 2.49. The molecule has 0 unspecified atom stereocenters. The summed E-state index contributed by atoms with van der Waals surface area (Å²) in [5, 5.41) is 7.13. The van der Waals surface area contributed by atoms with E-state index in [0.717, 1.165) is 0 Å². The molecule has 9 heteroatoms. The van der Waals surface area contributed by atoms with E-state index in [1.807, 2.05) is 0 Å². The number of hydrogen-bond donors (Lipinski definition) is 2. The summed E-state index contributed by atoms with van der Waals surface area (Å²) in [6.07, 6.45) is 2.93. The summed E-state index contributed by atoms with van der Waals surface area (Å²) < 4.78 is 11.8. The monoisotopic (exact) mass is 365 g/mol. The number of H-pyrrole nitrogens is 1. The minimum Gasteiger partial charge on any atom is -0.463 e. The lowest BCUT2D eigenvalue weighted by atomic mass is 10.3.